The van der Waals surface area contributed by atoms with Crippen molar-refractivity contribution in [1.82, 2.24) is 4.98 Å². The van der Waals surface area contributed by atoms with Gasteiger partial charge in [0.25, 0.3) is 0 Å². The van der Waals surface area contributed by atoms with Crippen LogP contribution in [0.25, 0.3) is 0 Å². The number of hydrogen-bond donors (Lipinski definition) is 0. The van der Waals surface area contributed by atoms with Gasteiger partial charge in [-0.25, -0.2) is 4.98 Å². The molecular formula is C15H16ClNO3. The van der Waals surface area contributed by atoms with Crippen LogP contribution in [0, 0.1) is 6.92 Å². The maximum atomic E-state index is 5.85. The fourth-order valence-electron chi connectivity index (χ4n) is 1.80. The lowest BCUT2D eigenvalue weighted by atomic mass is 10.2. The molecule has 1 aromatic heterocycles. The van der Waals surface area contributed by atoms with Crippen LogP contribution in [-0.2, 0) is 5.88 Å². The van der Waals surface area contributed by atoms with Crippen molar-refractivity contribution in [3.8, 4) is 23.1 Å². The number of alkyl halides is 1. The van der Waals surface area contributed by atoms with E-state index in [0.29, 0.717) is 29.0 Å². The van der Waals surface area contributed by atoms with E-state index in [2.05, 4.69) is 4.98 Å². The highest BCUT2D eigenvalue weighted by atomic mass is 35.5. The molecule has 1 heterocycles. The van der Waals surface area contributed by atoms with Crippen LogP contribution in [0.2, 0.25) is 0 Å². The highest BCUT2D eigenvalue weighted by Crippen LogP contribution is 2.30. The smallest absolute Gasteiger partial charge is 0.219 e. The topological polar surface area (TPSA) is 40.6 Å². The number of ether oxygens (including phenoxy) is 3. The van der Waals surface area contributed by atoms with Gasteiger partial charge in [-0.05, 0) is 18.6 Å². The van der Waals surface area contributed by atoms with Crippen LogP contribution in [0.5, 0.6) is 23.1 Å². The summed E-state index contributed by atoms with van der Waals surface area (Å²) in [6.07, 6.45) is 0. The van der Waals surface area contributed by atoms with E-state index >= 15 is 0 Å². The molecule has 5 heteroatoms. The van der Waals surface area contributed by atoms with Crippen molar-refractivity contribution in [2.75, 3.05) is 14.2 Å². The summed E-state index contributed by atoms with van der Waals surface area (Å²) in [6, 6.07) is 9.05. The molecule has 0 aliphatic rings. The number of aromatic nitrogens is 1. The second-order valence-electron chi connectivity index (χ2n) is 4.24. The lowest BCUT2D eigenvalue weighted by Crippen LogP contribution is -1.94. The highest BCUT2D eigenvalue weighted by Gasteiger charge is 2.06. The monoisotopic (exact) mass is 293 g/mol. The van der Waals surface area contributed by atoms with Crippen molar-refractivity contribution < 1.29 is 14.2 Å². The lowest BCUT2D eigenvalue weighted by molar-refractivity contribution is 0.385. The standard InChI is InChI=1S/C15H16ClNO3/c1-10-4-11(9-16)5-15(17-10)20-14-7-12(18-2)6-13(8-14)19-3/h4-8H,9H2,1-3H3. The molecule has 0 saturated heterocycles. The third-order valence-electron chi connectivity index (χ3n) is 2.69. The Kier molecular flexibility index (Phi) is 4.69. The highest BCUT2D eigenvalue weighted by molar-refractivity contribution is 6.17. The van der Waals surface area contributed by atoms with Crippen molar-refractivity contribution in [2.45, 2.75) is 12.8 Å². The third-order valence-corrected chi connectivity index (χ3v) is 3.00. The zero-order chi connectivity index (χ0) is 14.5. The van der Waals surface area contributed by atoms with E-state index in [9.17, 15) is 0 Å². The van der Waals surface area contributed by atoms with E-state index in [4.69, 9.17) is 25.8 Å². The molecule has 0 atom stereocenters. The molecule has 2 aromatic rings. The van der Waals surface area contributed by atoms with Gasteiger partial charge in [-0.1, -0.05) is 0 Å². The number of nitrogens with zero attached hydrogens (tertiary/aromatic N) is 1. The first-order chi connectivity index (χ1) is 9.64. The predicted molar refractivity (Wildman–Crippen MR) is 78.2 cm³/mol. The van der Waals surface area contributed by atoms with Crippen LogP contribution in [0.4, 0.5) is 0 Å². The van der Waals surface area contributed by atoms with Crippen molar-refractivity contribution in [1.29, 1.82) is 0 Å². The van der Waals surface area contributed by atoms with Crippen LogP contribution < -0.4 is 14.2 Å². The first-order valence-electron chi connectivity index (χ1n) is 6.09. The average molecular weight is 294 g/mol. The molecule has 0 aliphatic carbocycles. The molecule has 0 spiro atoms. The molecule has 1 aromatic carbocycles. The molecule has 0 N–H and O–H groups in total. The Hall–Kier alpha value is -1.94. The normalized spacial score (nSPS) is 10.2. The van der Waals surface area contributed by atoms with Crippen molar-refractivity contribution in [2.24, 2.45) is 0 Å². The molecule has 0 unspecified atom stereocenters. The maximum absolute atomic E-state index is 5.85. The number of aryl methyl sites for hydroxylation is 1. The molecule has 2 rings (SSSR count). The Balaban J connectivity index is 2.31. The zero-order valence-electron chi connectivity index (χ0n) is 11.6. The maximum Gasteiger partial charge on any atom is 0.219 e. The Morgan fingerprint density at radius 1 is 0.950 bits per heavy atom. The van der Waals surface area contributed by atoms with Gasteiger partial charge in [-0.15, -0.1) is 11.6 Å². The van der Waals surface area contributed by atoms with Crippen LogP contribution in [-0.4, -0.2) is 19.2 Å². The fourth-order valence-corrected chi connectivity index (χ4v) is 1.95. The fraction of sp³-hybridized carbons (Fsp3) is 0.267. The van der Waals surface area contributed by atoms with Crippen LogP contribution >= 0.6 is 11.6 Å². The summed E-state index contributed by atoms with van der Waals surface area (Å²) in [5, 5.41) is 0. The van der Waals surface area contributed by atoms with Gasteiger partial charge in [-0.3, -0.25) is 0 Å². The first kappa shape index (κ1) is 14.5. The van der Waals surface area contributed by atoms with E-state index in [1.807, 2.05) is 19.1 Å². The number of pyridine rings is 1. The lowest BCUT2D eigenvalue weighted by Gasteiger charge is -2.10. The minimum atomic E-state index is 0.418. The summed E-state index contributed by atoms with van der Waals surface area (Å²) in [5.74, 6) is 2.83. The van der Waals surface area contributed by atoms with Gasteiger partial charge in [0.1, 0.15) is 17.2 Å². The van der Waals surface area contributed by atoms with Gasteiger partial charge >= 0.3 is 0 Å². The van der Waals surface area contributed by atoms with E-state index in [0.717, 1.165) is 11.3 Å². The quantitative estimate of drug-likeness (QED) is 0.783. The van der Waals surface area contributed by atoms with Crippen molar-refractivity contribution in [3.05, 3.63) is 41.6 Å². The Morgan fingerprint density at radius 3 is 2.10 bits per heavy atom. The second-order valence-corrected chi connectivity index (χ2v) is 4.51. The van der Waals surface area contributed by atoms with E-state index in [1.165, 1.54) is 0 Å². The SMILES string of the molecule is COc1cc(OC)cc(Oc2cc(CCl)cc(C)n2)c1. The molecule has 0 fully saturated rings. The summed E-state index contributed by atoms with van der Waals surface area (Å²) in [4.78, 5) is 4.33. The summed E-state index contributed by atoms with van der Waals surface area (Å²) in [7, 11) is 3.18. The molecule has 0 bridgehead atoms. The Bertz CT molecular complexity index is 579. The van der Waals surface area contributed by atoms with E-state index in [-0.39, 0.29) is 0 Å². The molecule has 4 nitrogen and oxygen atoms in total. The largest absolute Gasteiger partial charge is 0.496 e. The van der Waals surface area contributed by atoms with Crippen molar-refractivity contribution in [3.63, 3.8) is 0 Å². The van der Waals surface area contributed by atoms with Crippen LogP contribution in [0.3, 0.4) is 0 Å². The van der Waals surface area contributed by atoms with Gasteiger partial charge in [0, 0.05) is 35.8 Å². The molecule has 0 saturated carbocycles. The third kappa shape index (κ3) is 3.54. The predicted octanol–water partition coefficient (Wildman–Crippen LogP) is 3.94. The minimum Gasteiger partial charge on any atom is -0.496 e. The minimum absolute atomic E-state index is 0.418. The number of methoxy groups -OCH3 is 2. The van der Waals surface area contributed by atoms with Crippen LogP contribution in [0.15, 0.2) is 30.3 Å². The van der Waals surface area contributed by atoms with Gasteiger partial charge in [0.2, 0.25) is 5.88 Å². The summed E-state index contributed by atoms with van der Waals surface area (Å²) in [6.45, 7) is 1.90. The molecule has 0 radical (unpaired) electrons. The first-order valence-corrected chi connectivity index (χ1v) is 6.62. The number of halogens is 1. The van der Waals surface area contributed by atoms with E-state index in [1.54, 1.807) is 32.4 Å². The zero-order valence-corrected chi connectivity index (χ0v) is 12.4. The van der Waals surface area contributed by atoms with E-state index < -0.39 is 0 Å². The van der Waals surface area contributed by atoms with Crippen LogP contribution in [0.1, 0.15) is 11.3 Å². The molecule has 0 amide bonds. The second kappa shape index (κ2) is 6.48. The van der Waals surface area contributed by atoms with Gasteiger partial charge in [0.15, 0.2) is 0 Å². The van der Waals surface area contributed by atoms with Gasteiger partial charge < -0.3 is 14.2 Å². The molecule has 0 aliphatic heterocycles. The number of rotatable bonds is 5. The number of hydrogen-bond acceptors (Lipinski definition) is 4. The van der Waals surface area contributed by atoms with Gasteiger partial charge in [0.05, 0.1) is 14.2 Å². The molecular weight excluding hydrogens is 278 g/mol. The summed E-state index contributed by atoms with van der Waals surface area (Å²) >= 11 is 5.85. The Morgan fingerprint density at radius 2 is 1.55 bits per heavy atom. The molecule has 106 valence electrons. The Labute approximate surface area is 123 Å². The number of benzene rings is 1. The summed E-state index contributed by atoms with van der Waals surface area (Å²) < 4.78 is 16.2. The van der Waals surface area contributed by atoms with Gasteiger partial charge in [-0.2, -0.15) is 0 Å². The average Bonchev–Trinajstić information content (AvgIpc) is 2.46. The summed E-state index contributed by atoms with van der Waals surface area (Å²) in [5.41, 5.74) is 1.82. The van der Waals surface area contributed by atoms with Crippen molar-refractivity contribution >= 4 is 11.6 Å². The molecule has 20 heavy (non-hydrogen) atoms.